The summed E-state index contributed by atoms with van der Waals surface area (Å²) in [5.74, 6) is 0.701. The fourth-order valence-corrected chi connectivity index (χ4v) is 1.29. The second-order valence-corrected chi connectivity index (χ2v) is 3.02. The number of nitrogens with one attached hydrogen (secondary N) is 2. The molecule has 5 heteroatoms. The lowest BCUT2D eigenvalue weighted by Gasteiger charge is -2.07. The molecule has 4 N–H and O–H groups in total. The van der Waals surface area contributed by atoms with Gasteiger partial charge >= 0.3 is 0 Å². The summed E-state index contributed by atoms with van der Waals surface area (Å²) in [6.45, 7) is 1.56. The summed E-state index contributed by atoms with van der Waals surface area (Å²) < 4.78 is 0. The second-order valence-electron chi connectivity index (χ2n) is 3.02. The molecule has 0 saturated carbocycles. The molecule has 1 heterocycles. The van der Waals surface area contributed by atoms with Crippen LogP contribution in [0.15, 0.2) is 23.2 Å². The van der Waals surface area contributed by atoms with Crippen molar-refractivity contribution in [1.82, 2.24) is 5.32 Å². The molecule has 0 aliphatic carbocycles. The number of benzene rings is 1. The van der Waals surface area contributed by atoms with Crippen molar-refractivity contribution in [3.8, 4) is 11.5 Å². The molecule has 0 bridgehead atoms. The van der Waals surface area contributed by atoms with Gasteiger partial charge in [0.25, 0.3) is 0 Å². The van der Waals surface area contributed by atoms with E-state index in [1.165, 1.54) is 18.2 Å². The first-order valence-electron chi connectivity index (χ1n) is 4.32. The zero-order valence-electron chi connectivity index (χ0n) is 7.49. The second kappa shape index (κ2) is 3.45. The minimum atomic E-state index is 0.0195. The SMILES string of the molecule is Oc1cc(O)cc(NC2=NCCN2)c1. The lowest BCUT2D eigenvalue weighted by molar-refractivity contribution is 0.451. The van der Waals surface area contributed by atoms with Gasteiger partial charge in [-0.2, -0.15) is 0 Å². The van der Waals surface area contributed by atoms with E-state index in [2.05, 4.69) is 15.6 Å². The van der Waals surface area contributed by atoms with Crippen LogP contribution in [0, 0.1) is 0 Å². The molecule has 1 aliphatic heterocycles. The largest absolute Gasteiger partial charge is 0.508 e. The standard InChI is InChI=1S/C9H11N3O2/c13-7-3-6(4-8(14)5-7)12-9-10-1-2-11-9/h3-5,13-14H,1-2H2,(H2,10,11,12). The van der Waals surface area contributed by atoms with Crippen LogP contribution in [0.5, 0.6) is 11.5 Å². The van der Waals surface area contributed by atoms with Crippen LogP contribution in [-0.2, 0) is 0 Å². The lowest BCUT2D eigenvalue weighted by Crippen LogP contribution is -2.26. The van der Waals surface area contributed by atoms with Crippen molar-refractivity contribution in [2.24, 2.45) is 4.99 Å². The highest BCUT2D eigenvalue weighted by atomic mass is 16.3. The van der Waals surface area contributed by atoms with Gasteiger partial charge in [0, 0.05) is 30.4 Å². The quantitative estimate of drug-likeness (QED) is 0.523. The Morgan fingerprint density at radius 1 is 1.21 bits per heavy atom. The van der Waals surface area contributed by atoms with Gasteiger partial charge in [-0.25, -0.2) is 0 Å². The predicted molar refractivity (Wildman–Crippen MR) is 53.7 cm³/mol. The number of nitrogens with zero attached hydrogens (tertiary/aromatic N) is 1. The number of rotatable bonds is 1. The summed E-state index contributed by atoms with van der Waals surface area (Å²) in [6, 6.07) is 4.31. The Morgan fingerprint density at radius 2 is 1.93 bits per heavy atom. The van der Waals surface area contributed by atoms with Crippen LogP contribution in [0.3, 0.4) is 0 Å². The van der Waals surface area contributed by atoms with E-state index in [1.54, 1.807) is 0 Å². The van der Waals surface area contributed by atoms with E-state index in [9.17, 15) is 10.2 Å². The van der Waals surface area contributed by atoms with Crippen LogP contribution < -0.4 is 10.6 Å². The summed E-state index contributed by atoms with van der Waals surface area (Å²) in [4.78, 5) is 4.12. The molecule has 5 nitrogen and oxygen atoms in total. The number of guanidine groups is 1. The van der Waals surface area contributed by atoms with E-state index >= 15 is 0 Å². The van der Waals surface area contributed by atoms with Gasteiger partial charge in [-0.15, -0.1) is 0 Å². The first-order chi connectivity index (χ1) is 6.74. The van der Waals surface area contributed by atoms with E-state index < -0.39 is 0 Å². The molecule has 0 spiro atoms. The molecule has 1 aromatic carbocycles. The van der Waals surface area contributed by atoms with Crippen LogP contribution in [0.2, 0.25) is 0 Å². The third-order valence-electron chi connectivity index (χ3n) is 1.84. The molecule has 0 fully saturated rings. The van der Waals surface area contributed by atoms with Crippen molar-refractivity contribution < 1.29 is 10.2 Å². The van der Waals surface area contributed by atoms with Crippen molar-refractivity contribution in [2.75, 3.05) is 18.4 Å². The molecule has 1 aliphatic rings. The summed E-state index contributed by atoms with van der Waals surface area (Å²) in [7, 11) is 0. The topological polar surface area (TPSA) is 76.9 Å². The number of aliphatic imine (C=N–C) groups is 1. The normalized spacial score (nSPS) is 14.7. The van der Waals surface area contributed by atoms with E-state index in [4.69, 9.17) is 0 Å². The highest BCUT2D eigenvalue weighted by Gasteiger charge is 2.05. The van der Waals surface area contributed by atoms with Crippen LogP contribution in [-0.4, -0.2) is 29.3 Å². The van der Waals surface area contributed by atoms with Crippen molar-refractivity contribution in [1.29, 1.82) is 0 Å². The van der Waals surface area contributed by atoms with Gasteiger partial charge in [-0.1, -0.05) is 0 Å². The minimum absolute atomic E-state index is 0.0195. The first kappa shape index (κ1) is 8.68. The molecule has 2 rings (SSSR count). The van der Waals surface area contributed by atoms with Gasteiger partial charge in [0.1, 0.15) is 11.5 Å². The van der Waals surface area contributed by atoms with E-state index in [0.29, 0.717) is 11.6 Å². The third-order valence-corrected chi connectivity index (χ3v) is 1.84. The molecule has 0 aromatic heterocycles. The summed E-state index contributed by atoms with van der Waals surface area (Å²) in [6.07, 6.45) is 0. The molecule has 0 atom stereocenters. The molecule has 14 heavy (non-hydrogen) atoms. The minimum Gasteiger partial charge on any atom is -0.508 e. The lowest BCUT2D eigenvalue weighted by atomic mass is 10.3. The van der Waals surface area contributed by atoms with Gasteiger partial charge in [0.2, 0.25) is 0 Å². The van der Waals surface area contributed by atoms with E-state index in [-0.39, 0.29) is 11.5 Å². The monoisotopic (exact) mass is 193 g/mol. The number of aromatic hydroxyl groups is 2. The van der Waals surface area contributed by atoms with Gasteiger partial charge < -0.3 is 20.8 Å². The van der Waals surface area contributed by atoms with Crippen molar-refractivity contribution in [2.45, 2.75) is 0 Å². The number of hydrogen-bond acceptors (Lipinski definition) is 5. The highest BCUT2D eigenvalue weighted by Crippen LogP contribution is 2.23. The van der Waals surface area contributed by atoms with E-state index in [1.807, 2.05) is 0 Å². The van der Waals surface area contributed by atoms with Gasteiger partial charge in [0.05, 0.1) is 6.54 Å². The van der Waals surface area contributed by atoms with Gasteiger partial charge in [-0.3, -0.25) is 4.99 Å². The highest BCUT2D eigenvalue weighted by molar-refractivity contribution is 5.94. The van der Waals surface area contributed by atoms with Gasteiger partial charge in [0.15, 0.2) is 5.96 Å². The van der Waals surface area contributed by atoms with Crippen LogP contribution in [0.4, 0.5) is 5.69 Å². The molecule has 0 amide bonds. The Bertz CT molecular complexity index is 356. The maximum atomic E-state index is 9.21. The number of hydrogen-bond donors (Lipinski definition) is 4. The Kier molecular flexibility index (Phi) is 2.14. The van der Waals surface area contributed by atoms with Crippen LogP contribution in [0.1, 0.15) is 0 Å². The Morgan fingerprint density at radius 3 is 2.50 bits per heavy atom. The maximum Gasteiger partial charge on any atom is 0.195 e. The fourth-order valence-electron chi connectivity index (χ4n) is 1.29. The molecule has 0 unspecified atom stereocenters. The Labute approximate surface area is 81.1 Å². The Balaban J connectivity index is 2.15. The van der Waals surface area contributed by atoms with Crippen molar-refractivity contribution in [3.63, 3.8) is 0 Å². The number of anilines is 1. The molecule has 1 aromatic rings. The average molecular weight is 193 g/mol. The molecular formula is C9H11N3O2. The zero-order chi connectivity index (χ0) is 9.97. The zero-order valence-corrected chi connectivity index (χ0v) is 7.49. The third kappa shape index (κ3) is 1.87. The van der Waals surface area contributed by atoms with Crippen LogP contribution in [0.25, 0.3) is 0 Å². The summed E-state index contributed by atoms with van der Waals surface area (Å²) in [5.41, 5.74) is 0.607. The maximum absolute atomic E-state index is 9.21. The molecule has 0 saturated heterocycles. The Hall–Kier alpha value is -1.91. The summed E-state index contributed by atoms with van der Waals surface area (Å²) in [5, 5.41) is 24.4. The number of phenols is 2. The van der Waals surface area contributed by atoms with Crippen molar-refractivity contribution >= 4 is 11.6 Å². The fraction of sp³-hybridized carbons (Fsp3) is 0.222. The molecular weight excluding hydrogens is 182 g/mol. The summed E-state index contributed by atoms with van der Waals surface area (Å²) >= 11 is 0. The average Bonchev–Trinajstić information content (AvgIpc) is 2.54. The van der Waals surface area contributed by atoms with Crippen LogP contribution >= 0.6 is 0 Å². The molecule has 0 radical (unpaired) electrons. The molecule has 74 valence electrons. The predicted octanol–water partition coefficient (Wildman–Crippen LogP) is 0.469. The van der Waals surface area contributed by atoms with Gasteiger partial charge in [-0.05, 0) is 0 Å². The van der Waals surface area contributed by atoms with Crippen molar-refractivity contribution in [3.05, 3.63) is 18.2 Å². The smallest absolute Gasteiger partial charge is 0.195 e. The first-order valence-corrected chi connectivity index (χ1v) is 4.32. The number of phenolic OH excluding ortho intramolecular Hbond substituents is 2. The van der Waals surface area contributed by atoms with E-state index in [0.717, 1.165) is 13.1 Å².